The third-order valence-electron chi connectivity index (χ3n) is 2.57. The zero-order chi connectivity index (χ0) is 10.4. The zero-order valence-corrected chi connectivity index (χ0v) is 9.08. The van der Waals surface area contributed by atoms with E-state index in [0.29, 0.717) is 0 Å². The molecule has 0 bridgehead atoms. The van der Waals surface area contributed by atoms with Crippen LogP contribution in [0, 0.1) is 0 Å². The van der Waals surface area contributed by atoms with Crippen molar-refractivity contribution in [3.63, 3.8) is 0 Å². The lowest BCUT2D eigenvalue weighted by Gasteiger charge is -2.19. The Hall–Kier alpha value is -0.610. The van der Waals surface area contributed by atoms with Crippen molar-refractivity contribution in [2.24, 2.45) is 0 Å². The molecule has 0 unspecified atom stereocenters. The zero-order valence-electron chi connectivity index (χ0n) is 9.08. The maximum absolute atomic E-state index is 11.5. The van der Waals surface area contributed by atoms with Gasteiger partial charge in [0.2, 0.25) is 5.91 Å². The molecule has 1 amide bonds. The van der Waals surface area contributed by atoms with Gasteiger partial charge in [-0.15, -0.1) is 0 Å². The monoisotopic (exact) mass is 200 g/mol. The fourth-order valence-electron chi connectivity index (χ4n) is 1.63. The van der Waals surface area contributed by atoms with Crippen LogP contribution in [0.4, 0.5) is 0 Å². The Bertz CT molecular complexity index is 175. The van der Waals surface area contributed by atoms with Gasteiger partial charge in [-0.1, -0.05) is 0 Å². The lowest BCUT2D eigenvalue weighted by molar-refractivity contribution is -0.137. The Balaban J connectivity index is 2.18. The first-order valence-electron chi connectivity index (χ1n) is 5.38. The van der Waals surface area contributed by atoms with Crippen LogP contribution >= 0.6 is 0 Å². The van der Waals surface area contributed by atoms with E-state index in [1.807, 2.05) is 13.8 Å². The van der Waals surface area contributed by atoms with E-state index < -0.39 is 0 Å². The molecule has 1 N–H and O–H groups in total. The number of carbonyl (C=O) groups excluding carboxylic acids is 1. The van der Waals surface area contributed by atoms with Gasteiger partial charge < -0.3 is 15.0 Å². The molecule has 1 atom stereocenters. The molecule has 4 heteroatoms. The van der Waals surface area contributed by atoms with Crippen molar-refractivity contribution in [1.29, 1.82) is 0 Å². The highest BCUT2D eigenvalue weighted by atomic mass is 16.5. The molecule has 14 heavy (non-hydrogen) atoms. The van der Waals surface area contributed by atoms with Crippen LogP contribution in [-0.2, 0) is 9.53 Å². The van der Waals surface area contributed by atoms with E-state index in [2.05, 4.69) is 5.32 Å². The minimum Gasteiger partial charge on any atom is -0.367 e. The summed E-state index contributed by atoms with van der Waals surface area (Å²) < 4.78 is 5.50. The van der Waals surface area contributed by atoms with Gasteiger partial charge in [0, 0.05) is 19.6 Å². The molecule has 0 aromatic heterocycles. The largest absolute Gasteiger partial charge is 0.367 e. The summed E-state index contributed by atoms with van der Waals surface area (Å²) in [5.41, 5.74) is 0. The summed E-state index contributed by atoms with van der Waals surface area (Å²) in [7, 11) is 0. The van der Waals surface area contributed by atoms with Crippen LogP contribution in [0.3, 0.4) is 0 Å². The molecule has 1 aliphatic heterocycles. The standard InChI is InChI=1S/C10H20N2O2/c1-3-12(4-2)10(13)8-14-9-5-6-11-7-9/h9,11H,3-8H2,1-2H3/t9-/m1/s1. The Kier molecular flexibility index (Phi) is 4.90. The van der Waals surface area contributed by atoms with Gasteiger partial charge in [-0.05, 0) is 26.8 Å². The van der Waals surface area contributed by atoms with Crippen molar-refractivity contribution in [2.75, 3.05) is 32.8 Å². The van der Waals surface area contributed by atoms with E-state index in [1.54, 1.807) is 4.90 Å². The highest BCUT2D eigenvalue weighted by Gasteiger charge is 2.17. The smallest absolute Gasteiger partial charge is 0.248 e. The lowest BCUT2D eigenvalue weighted by Crippen LogP contribution is -2.35. The molecule has 1 fully saturated rings. The second kappa shape index (κ2) is 5.98. The van der Waals surface area contributed by atoms with E-state index in [1.165, 1.54) is 0 Å². The van der Waals surface area contributed by atoms with Crippen molar-refractivity contribution in [3.05, 3.63) is 0 Å². The molecule has 1 aliphatic rings. The maximum atomic E-state index is 11.5. The summed E-state index contributed by atoms with van der Waals surface area (Å²) in [6.45, 7) is 7.62. The quantitative estimate of drug-likeness (QED) is 0.691. The van der Waals surface area contributed by atoms with Crippen molar-refractivity contribution in [1.82, 2.24) is 10.2 Å². The second-order valence-corrected chi connectivity index (χ2v) is 3.49. The van der Waals surface area contributed by atoms with Gasteiger partial charge in [0.1, 0.15) is 6.61 Å². The highest BCUT2D eigenvalue weighted by Crippen LogP contribution is 2.03. The number of ether oxygens (including phenoxy) is 1. The summed E-state index contributed by atoms with van der Waals surface area (Å²) in [5.74, 6) is 0.0990. The lowest BCUT2D eigenvalue weighted by atomic mass is 10.3. The number of nitrogens with one attached hydrogen (secondary N) is 1. The third-order valence-corrected chi connectivity index (χ3v) is 2.57. The van der Waals surface area contributed by atoms with Gasteiger partial charge in [-0.25, -0.2) is 0 Å². The first kappa shape index (κ1) is 11.5. The molecule has 0 aliphatic carbocycles. The van der Waals surface area contributed by atoms with Crippen molar-refractivity contribution >= 4 is 5.91 Å². The van der Waals surface area contributed by atoms with Gasteiger partial charge >= 0.3 is 0 Å². The number of hydrogen-bond acceptors (Lipinski definition) is 3. The number of amides is 1. The predicted octanol–water partition coefficient (Wildman–Crippen LogP) is 0.233. The van der Waals surface area contributed by atoms with Crippen LogP contribution in [0.5, 0.6) is 0 Å². The Labute approximate surface area is 85.6 Å². The first-order chi connectivity index (χ1) is 6.77. The molecular formula is C10H20N2O2. The Morgan fingerprint density at radius 2 is 2.21 bits per heavy atom. The minimum absolute atomic E-state index is 0.0990. The van der Waals surface area contributed by atoms with Crippen LogP contribution in [0.1, 0.15) is 20.3 Å². The molecule has 1 heterocycles. The summed E-state index contributed by atoms with van der Waals surface area (Å²) in [6, 6.07) is 0. The first-order valence-corrected chi connectivity index (χ1v) is 5.38. The molecule has 0 aromatic rings. The van der Waals surface area contributed by atoms with E-state index in [-0.39, 0.29) is 18.6 Å². The van der Waals surface area contributed by atoms with Gasteiger partial charge in [-0.3, -0.25) is 4.79 Å². The molecular weight excluding hydrogens is 180 g/mol. The molecule has 0 saturated carbocycles. The number of hydrogen-bond donors (Lipinski definition) is 1. The summed E-state index contributed by atoms with van der Waals surface area (Å²) in [4.78, 5) is 13.3. The Morgan fingerprint density at radius 1 is 1.50 bits per heavy atom. The van der Waals surface area contributed by atoms with Crippen molar-refractivity contribution < 1.29 is 9.53 Å². The molecule has 1 saturated heterocycles. The summed E-state index contributed by atoms with van der Waals surface area (Å²) in [5, 5.41) is 3.20. The van der Waals surface area contributed by atoms with Gasteiger partial charge in [0.25, 0.3) is 0 Å². The van der Waals surface area contributed by atoms with Gasteiger partial charge in [0.05, 0.1) is 6.10 Å². The van der Waals surface area contributed by atoms with E-state index >= 15 is 0 Å². The number of rotatable bonds is 5. The third kappa shape index (κ3) is 3.27. The van der Waals surface area contributed by atoms with Crippen molar-refractivity contribution in [2.45, 2.75) is 26.4 Å². The van der Waals surface area contributed by atoms with Crippen LogP contribution in [0.2, 0.25) is 0 Å². The molecule has 4 nitrogen and oxygen atoms in total. The fourth-order valence-corrected chi connectivity index (χ4v) is 1.63. The second-order valence-electron chi connectivity index (χ2n) is 3.49. The molecule has 1 rings (SSSR count). The minimum atomic E-state index is 0.0990. The molecule has 0 spiro atoms. The summed E-state index contributed by atoms with van der Waals surface area (Å²) >= 11 is 0. The van der Waals surface area contributed by atoms with Gasteiger partial charge in [0.15, 0.2) is 0 Å². The summed E-state index contributed by atoms with van der Waals surface area (Å²) in [6.07, 6.45) is 1.25. The normalized spacial score (nSPS) is 21.1. The average molecular weight is 200 g/mol. The Morgan fingerprint density at radius 3 is 2.71 bits per heavy atom. The van der Waals surface area contributed by atoms with Crippen LogP contribution < -0.4 is 5.32 Å². The van der Waals surface area contributed by atoms with Crippen LogP contribution in [-0.4, -0.2) is 49.7 Å². The topological polar surface area (TPSA) is 41.6 Å². The van der Waals surface area contributed by atoms with Crippen LogP contribution in [0.15, 0.2) is 0 Å². The maximum Gasteiger partial charge on any atom is 0.248 e. The highest BCUT2D eigenvalue weighted by molar-refractivity contribution is 5.77. The number of carbonyl (C=O) groups is 1. The number of nitrogens with zero attached hydrogens (tertiary/aromatic N) is 1. The number of likely N-dealkylation sites (N-methyl/N-ethyl adjacent to an activating group) is 1. The molecule has 0 radical (unpaired) electrons. The van der Waals surface area contributed by atoms with E-state index in [4.69, 9.17) is 4.74 Å². The van der Waals surface area contributed by atoms with Crippen molar-refractivity contribution in [3.8, 4) is 0 Å². The predicted molar refractivity (Wildman–Crippen MR) is 55.2 cm³/mol. The van der Waals surface area contributed by atoms with Gasteiger partial charge in [-0.2, -0.15) is 0 Å². The average Bonchev–Trinajstić information content (AvgIpc) is 2.69. The van der Waals surface area contributed by atoms with Crippen LogP contribution in [0.25, 0.3) is 0 Å². The molecule has 82 valence electrons. The van der Waals surface area contributed by atoms with E-state index in [9.17, 15) is 4.79 Å². The fraction of sp³-hybridized carbons (Fsp3) is 0.900. The van der Waals surface area contributed by atoms with E-state index in [0.717, 1.165) is 32.6 Å². The SMILES string of the molecule is CCN(CC)C(=O)CO[C@@H]1CCNC1. The molecule has 0 aromatic carbocycles.